The molecule has 0 heterocycles. The van der Waals surface area contributed by atoms with Crippen LogP contribution in [0.4, 0.5) is 4.39 Å². The van der Waals surface area contributed by atoms with Crippen molar-refractivity contribution in [2.75, 3.05) is 13.2 Å². The van der Waals surface area contributed by atoms with E-state index in [1.807, 2.05) is 0 Å². The van der Waals surface area contributed by atoms with Crippen LogP contribution in [0.25, 0.3) is 6.08 Å². The molecule has 2 aromatic carbocycles. The number of hydrogen-bond donors (Lipinski definition) is 3. The zero-order valence-electron chi connectivity index (χ0n) is 19.6. The topological polar surface area (TPSA) is 78.8 Å². The number of nitrogens with one attached hydrogen (secondary N) is 1. The van der Waals surface area contributed by atoms with Crippen LogP contribution in [0.2, 0.25) is 0 Å². The molecule has 0 aromatic heterocycles. The van der Waals surface area contributed by atoms with Gasteiger partial charge in [0.1, 0.15) is 5.82 Å². The van der Waals surface area contributed by atoms with Gasteiger partial charge in [-0.2, -0.15) is 0 Å². The summed E-state index contributed by atoms with van der Waals surface area (Å²) in [4.78, 5) is 10.8. The van der Waals surface area contributed by atoms with Crippen molar-refractivity contribution in [3.63, 3.8) is 0 Å². The normalized spacial score (nSPS) is 16.2. The van der Waals surface area contributed by atoms with Crippen LogP contribution in [-0.2, 0) is 22.4 Å². The highest BCUT2D eigenvalue weighted by Gasteiger charge is 2.28. The lowest BCUT2D eigenvalue weighted by molar-refractivity contribution is -0.131. The Balaban J connectivity index is 1.48. The van der Waals surface area contributed by atoms with Gasteiger partial charge in [0, 0.05) is 23.7 Å². The molecule has 1 aliphatic carbocycles. The van der Waals surface area contributed by atoms with E-state index in [2.05, 4.69) is 43.4 Å². The first-order valence-corrected chi connectivity index (χ1v) is 11.5. The molecule has 5 nitrogen and oxygen atoms in total. The van der Waals surface area contributed by atoms with E-state index in [-0.39, 0.29) is 17.7 Å². The fraction of sp³-hybridized carbons (Fsp3) is 0.444. The lowest BCUT2D eigenvalue weighted by atomic mass is 9.88. The van der Waals surface area contributed by atoms with Crippen molar-refractivity contribution in [3.8, 4) is 0 Å². The quantitative estimate of drug-likeness (QED) is 0.434. The molecule has 2 atom stereocenters. The second-order valence-electron chi connectivity index (χ2n) is 9.56. The Bertz CT molecular complexity index is 963. The van der Waals surface area contributed by atoms with Gasteiger partial charge in [0.25, 0.3) is 0 Å². The monoisotopic (exact) mass is 455 g/mol. The highest BCUT2D eigenvalue weighted by molar-refractivity contribution is 5.85. The minimum atomic E-state index is -1.15. The Hall–Kier alpha value is -2.54. The summed E-state index contributed by atoms with van der Waals surface area (Å²) in [6, 6.07) is 13.1. The molecule has 0 unspecified atom stereocenters. The molecule has 0 aliphatic heterocycles. The first kappa shape index (κ1) is 25.1. The van der Waals surface area contributed by atoms with Crippen molar-refractivity contribution in [1.82, 2.24) is 5.32 Å². The van der Waals surface area contributed by atoms with E-state index in [0.717, 1.165) is 25.3 Å². The van der Waals surface area contributed by atoms with Crippen molar-refractivity contribution < 1.29 is 24.1 Å². The minimum Gasteiger partial charge on any atom is -0.478 e. The number of aliphatic hydroxyl groups is 1. The predicted octanol–water partition coefficient (Wildman–Crippen LogP) is 4.54. The molecule has 0 spiro atoms. The predicted molar refractivity (Wildman–Crippen MR) is 127 cm³/mol. The van der Waals surface area contributed by atoms with E-state index in [1.54, 1.807) is 19.1 Å². The molecule has 6 heteroatoms. The van der Waals surface area contributed by atoms with Crippen LogP contribution in [0.5, 0.6) is 0 Å². The van der Waals surface area contributed by atoms with Crippen LogP contribution >= 0.6 is 0 Å². The maximum Gasteiger partial charge on any atom is 0.328 e. The Kier molecular flexibility index (Phi) is 8.40. The van der Waals surface area contributed by atoms with E-state index < -0.39 is 24.0 Å². The van der Waals surface area contributed by atoms with Gasteiger partial charge in [-0.25, -0.2) is 9.18 Å². The van der Waals surface area contributed by atoms with Gasteiger partial charge in [-0.1, -0.05) is 36.4 Å². The average molecular weight is 456 g/mol. The van der Waals surface area contributed by atoms with Crippen molar-refractivity contribution in [2.24, 2.45) is 5.92 Å². The van der Waals surface area contributed by atoms with Crippen LogP contribution < -0.4 is 5.32 Å². The van der Waals surface area contributed by atoms with Gasteiger partial charge in [-0.3, -0.25) is 0 Å². The summed E-state index contributed by atoms with van der Waals surface area (Å²) < 4.78 is 20.0. The van der Waals surface area contributed by atoms with Crippen molar-refractivity contribution in [1.29, 1.82) is 0 Å². The number of aliphatic carboxylic acids is 1. The number of hydrogen-bond acceptors (Lipinski definition) is 4. The molecule has 0 bridgehead atoms. The second kappa shape index (κ2) is 11.1. The number of carbonyl (C=O) groups is 1. The number of carboxylic acid groups (broad SMARTS) is 1. The first-order valence-electron chi connectivity index (χ1n) is 11.5. The lowest BCUT2D eigenvalue weighted by Crippen LogP contribution is -2.45. The Morgan fingerprint density at radius 2 is 1.88 bits per heavy atom. The molecule has 3 rings (SSSR count). The van der Waals surface area contributed by atoms with Gasteiger partial charge in [0.15, 0.2) is 0 Å². The van der Waals surface area contributed by atoms with Crippen LogP contribution in [0.1, 0.15) is 55.5 Å². The lowest BCUT2D eigenvalue weighted by Gasteiger charge is -2.31. The molecule has 0 radical (unpaired) electrons. The van der Waals surface area contributed by atoms with Crippen molar-refractivity contribution in [3.05, 3.63) is 76.6 Å². The maximum atomic E-state index is 14.2. The van der Waals surface area contributed by atoms with E-state index in [9.17, 15) is 14.3 Å². The summed E-state index contributed by atoms with van der Waals surface area (Å²) in [6.07, 6.45) is 4.10. The molecule has 0 saturated heterocycles. The molecule has 0 amide bonds. The van der Waals surface area contributed by atoms with Gasteiger partial charge in [0.2, 0.25) is 0 Å². The number of halogens is 1. The fourth-order valence-corrected chi connectivity index (χ4v) is 4.63. The molecular formula is C27H34FNO4. The molecule has 0 fully saturated rings. The van der Waals surface area contributed by atoms with Crippen LogP contribution in [0.15, 0.2) is 48.5 Å². The van der Waals surface area contributed by atoms with E-state index in [0.29, 0.717) is 18.0 Å². The SMILES string of the molecule is C[C@@H](OC[C@H](O)CNC(C)(C)CC1Cc2ccccc2C1)c1cccc(F)c1C=CC(=O)O. The largest absolute Gasteiger partial charge is 0.478 e. The Morgan fingerprint density at radius 1 is 1.21 bits per heavy atom. The molecule has 2 aromatic rings. The molecule has 178 valence electrons. The third kappa shape index (κ3) is 7.22. The Labute approximate surface area is 195 Å². The number of benzene rings is 2. The number of rotatable bonds is 11. The number of aliphatic hydroxyl groups excluding tert-OH is 1. The third-order valence-electron chi connectivity index (χ3n) is 6.21. The van der Waals surface area contributed by atoms with Gasteiger partial charge in [-0.05, 0) is 74.8 Å². The molecule has 33 heavy (non-hydrogen) atoms. The fourth-order valence-electron chi connectivity index (χ4n) is 4.63. The standard InChI is InChI=1S/C27H34FNO4/c1-18(23-9-6-10-25(28)24(23)11-12-26(31)32)33-17-22(30)16-29-27(2,3)15-19-13-20-7-4-5-8-21(20)14-19/h4-12,18-19,22,29-30H,13-17H2,1-3H3,(H,31,32)/t18-,22-/m1/s1. The van der Waals surface area contributed by atoms with Gasteiger partial charge in [-0.15, -0.1) is 0 Å². The zero-order valence-corrected chi connectivity index (χ0v) is 19.6. The zero-order chi connectivity index (χ0) is 24.0. The third-order valence-corrected chi connectivity index (χ3v) is 6.21. The number of ether oxygens (including phenoxy) is 1. The number of fused-ring (bicyclic) bond motifs is 1. The minimum absolute atomic E-state index is 0.0811. The molecule has 1 aliphatic rings. The van der Waals surface area contributed by atoms with Gasteiger partial charge < -0.3 is 20.3 Å². The van der Waals surface area contributed by atoms with E-state index >= 15 is 0 Å². The summed E-state index contributed by atoms with van der Waals surface area (Å²) in [6.45, 7) is 6.53. The average Bonchev–Trinajstić information content (AvgIpc) is 3.16. The highest BCUT2D eigenvalue weighted by Crippen LogP contribution is 2.32. The van der Waals surface area contributed by atoms with Crippen LogP contribution in [-0.4, -0.2) is 41.0 Å². The van der Waals surface area contributed by atoms with Gasteiger partial charge >= 0.3 is 5.97 Å². The summed E-state index contributed by atoms with van der Waals surface area (Å²) in [5.74, 6) is -1.08. The molecule has 3 N–H and O–H groups in total. The maximum absolute atomic E-state index is 14.2. The van der Waals surface area contributed by atoms with E-state index in [1.165, 1.54) is 23.3 Å². The number of carboxylic acids is 1. The second-order valence-corrected chi connectivity index (χ2v) is 9.56. The summed E-state index contributed by atoms with van der Waals surface area (Å²) in [7, 11) is 0. The molecular weight excluding hydrogens is 421 g/mol. The van der Waals surface area contributed by atoms with Crippen molar-refractivity contribution >= 4 is 12.0 Å². The summed E-state index contributed by atoms with van der Waals surface area (Å²) in [5, 5.41) is 22.8. The smallest absolute Gasteiger partial charge is 0.328 e. The summed E-state index contributed by atoms with van der Waals surface area (Å²) >= 11 is 0. The van der Waals surface area contributed by atoms with Crippen LogP contribution in [0, 0.1) is 11.7 Å². The summed E-state index contributed by atoms with van der Waals surface area (Å²) in [5.41, 5.74) is 3.47. The number of β-amino-alcohol motifs (C(OH)–C–C–N with tert-alkyl or cyclic N) is 1. The first-order chi connectivity index (χ1) is 15.6. The van der Waals surface area contributed by atoms with Gasteiger partial charge in [0.05, 0.1) is 18.8 Å². The van der Waals surface area contributed by atoms with Crippen molar-refractivity contribution in [2.45, 2.75) is 57.8 Å². The Morgan fingerprint density at radius 3 is 2.52 bits per heavy atom. The van der Waals surface area contributed by atoms with E-state index in [4.69, 9.17) is 9.84 Å². The molecule has 0 saturated carbocycles. The highest BCUT2D eigenvalue weighted by atomic mass is 19.1. The van der Waals surface area contributed by atoms with Crippen LogP contribution in [0.3, 0.4) is 0 Å².